The fraction of sp³-hybridized carbons (Fsp3) is 0.300. The summed E-state index contributed by atoms with van der Waals surface area (Å²) in [5.74, 6) is -0.614. The lowest BCUT2D eigenvalue weighted by Crippen LogP contribution is -2.08. The van der Waals surface area contributed by atoms with Crippen molar-refractivity contribution < 1.29 is 22.5 Å². The molecule has 1 N–H and O–H groups in total. The molecule has 0 unspecified atom stereocenters. The van der Waals surface area contributed by atoms with Gasteiger partial charge in [-0.15, -0.1) is 0 Å². The van der Waals surface area contributed by atoms with Gasteiger partial charge in [0.05, 0.1) is 17.1 Å². The zero-order valence-electron chi connectivity index (χ0n) is 8.80. The summed E-state index contributed by atoms with van der Waals surface area (Å²) in [5.41, 5.74) is 0.0923. The van der Waals surface area contributed by atoms with Crippen LogP contribution in [0.3, 0.4) is 0 Å². The van der Waals surface area contributed by atoms with Gasteiger partial charge in [-0.1, -0.05) is 22.0 Å². The molecule has 0 amide bonds. The van der Waals surface area contributed by atoms with Gasteiger partial charge < -0.3 is 4.74 Å². The van der Waals surface area contributed by atoms with E-state index in [0.717, 1.165) is 6.07 Å². The predicted molar refractivity (Wildman–Crippen MR) is 65.0 cm³/mol. The molecule has 17 heavy (non-hydrogen) atoms. The van der Waals surface area contributed by atoms with Crippen LogP contribution in [0.1, 0.15) is 16.8 Å². The molecule has 0 radical (unpaired) electrons. The van der Waals surface area contributed by atoms with Crippen LogP contribution in [0.4, 0.5) is 0 Å². The summed E-state index contributed by atoms with van der Waals surface area (Å²) >= 11 is 3.19. The van der Waals surface area contributed by atoms with Gasteiger partial charge in [0, 0.05) is 5.33 Å². The largest absolute Gasteiger partial charge is 0.462 e. The highest BCUT2D eigenvalue weighted by Gasteiger charge is 2.13. The van der Waals surface area contributed by atoms with Gasteiger partial charge in [-0.2, -0.15) is 8.42 Å². The number of carbonyl (C=O) groups excluding carboxylic acids is 1. The normalized spacial score (nSPS) is 11.2. The van der Waals surface area contributed by atoms with Gasteiger partial charge in [-0.05, 0) is 24.6 Å². The van der Waals surface area contributed by atoms with Crippen LogP contribution in [0.2, 0.25) is 0 Å². The summed E-state index contributed by atoms with van der Waals surface area (Å²) in [6, 6.07) is 5.06. The van der Waals surface area contributed by atoms with Crippen molar-refractivity contribution in [3.05, 3.63) is 29.8 Å². The molecule has 7 heteroatoms. The molecule has 0 aliphatic rings. The van der Waals surface area contributed by atoms with Crippen molar-refractivity contribution in [2.45, 2.75) is 11.3 Å². The van der Waals surface area contributed by atoms with Crippen LogP contribution in [0.15, 0.2) is 29.2 Å². The van der Waals surface area contributed by atoms with Crippen molar-refractivity contribution in [3.8, 4) is 0 Å². The summed E-state index contributed by atoms with van der Waals surface area (Å²) in [4.78, 5) is 11.2. The number of ether oxygens (including phenoxy) is 1. The lowest BCUT2D eigenvalue weighted by Gasteiger charge is -2.04. The van der Waals surface area contributed by atoms with Crippen LogP contribution >= 0.6 is 15.9 Å². The third-order valence-corrected chi connectivity index (χ3v) is 3.29. The van der Waals surface area contributed by atoms with Crippen LogP contribution in [-0.2, 0) is 14.9 Å². The van der Waals surface area contributed by atoms with Gasteiger partial charge in [0.1, 0.15) is 0 Å². The minimum atomic E-state index is -4.30. The molecule has 1 rings (SSSR count). The zero-order chi connectivity index (χ0) is 12.9. The predicted octanol–water partition coefficient (Wildman–Crippen LogP) is 1.88. The van der Waals surface area contributed by atoms with Crippen molar-refractivity contribution in [1.82, 2.24) is 0 Å². The van der Waals surface area contributed by atoms with E-state index in [2.05, 4.69) is 15.9 Å². The Morgan fingerprint density at radius 3 is 2.71 bits per heavy atom. The van der Waals surface area contributed by atoms with Gasteiger partial charge in [-0.3, -0.25) is 4.55 Å². The lowest BCUT2D eigenvalue weighted by molar-refractivity contribution is 0.0506. The molecule has 0 aliphatic heterocycles. The molecular weight excluding hydrogens is 312 g/mol. The summed E-state index contributed by atoms with van der Waals surface area (Å²) in [6.07, 6.45) is 0.670. The van der Waals surface area contributed by atoms with Crippen LogP contribution in [0, 0.1) is 0 Å². The molecule has 0 heterocycles. The van der Waals surface area contributed by atoms with E-state index in [1.54, 1.807) is 0 Å². The molecule has 94 valence electrons. The smallest absolute Gasteiger partial charge is 0.338 e. The SMILES string of the molecule is O=C(OCCCBr)c1cccc(S(=O)(=O)O)c1. The van der Waals surface area contributed by atoms with Crippen molar-refractivity contribution in [1.29, 1.82) is 0 Å². The van der Waals surface area contributed by atoms with Crippen LogP contribution in [0.25, 0.3) is 0 Å². The Bertz CT molecular complexity index is 497. The molecule has 0 aromatic heterocycles. The number of alkyl halides is 1. The van der Waals surface area contributed by atoms with Crippen molar-refractivity contribution in [2.24, 2.45) is 0 Å². The highest BCUT2D eigenvalue weighted by Crippen LogP contribution is 2.12. The van der Waals surface area contributed by atoms with E-state index in [9.17, 15) is 13.2 Å². The van der Waals surface area contributed by atoms with E-state index in [4.69, 9.17) is 9.29 Å². The van der Waals surface area contributed by atoms with Gasteiger partial charge in [0.25, 0.3) is 10.1 Å². The zero-order valence-corrected chi connectivity index (χ0v) is 11.2. The fourth-order valence-corrected chi connectivity index (χ4v) is 1.84. The number of hydrogen-bond donors (Lipinski definition) is 1. The average molecular weight is 323 g/mol. The number of rotatable bonds is 5. The monoisotopic (exact) mass is 322 g/mol. The van der Waals surface area contributed by atoms with Gasteiger partial charge in [0.2, 0.25) is 0 Å². The maximum Gasteiger partial charge on any atom is 0.338 e. The van der Waals surface area contributed by atoms with E-state index >= 15 is 0 Å². The molecular formula is C10H11BrO5S. The maximum atomic E-state index is 11.5. The average Bonchev–Trinajstić information content (AvgIpc) is 2.28. The first-order chi connectivity index (χ1) is 7.95. The summed E-state index contributed by atoms with van der Waals surface area (Å²) in [5, 5.41) is 0.714. The quantitative estimate of drug-likeness (QED) is 0.387. The first kappa shape index (κ1) is 14.1. The van der Waals surface area contributed by atoms with Crippen molar-refractivity contribution in [2.75, 3.05) is 11.9 Å². The minimum Gasteiger partial charge on any atom is -0.462 e. The van der Waals surface area contributed by atoms with Gasteiger partial charge in [0.15, 0.2) is 0 Å². The van der Waals surface area contributed by atoms with E-state index in [1.165, 1.54) is 18.2 Å². The third kappa shape index (κ3) is 4.45. The lowest BCUT2D eigenvalue weighted by atomic mass is 10.2. The van der Waals surface area contributed by atoms with Crippen LogP contribution < -0.4 is 0 Å². The van der Waals surface area contributed by atoms with Crippen LogP contribution in [-0.4, -0.2) is 30.9 Å². The summed E-state index contributed by atoms with van der Waals surface area (Å²) in [6.45, 7) is 0.250. The fourth-order valence-electron chi connectivity index (χ4n) is 1.09. The molecule has 0 saturated heterocycles. The van der Waals surface area contributed by atoms with E-state index in [-0.39, 0.29) is 17.1 Å². The van der Waals surface area contributed by atoms with Crippen molar-refractivity contribution in [3.63, 3.8) is 0 Å². The molecule has 0 saturated carbocycles. The highest BCUT2D eigenvalue weighted by atomic mass is 79.9. The van der Waals surface area contributed by atoms with Gasteiger partial charge >= 0.3 is 5.97 Å². The first-order valence-corrected chi connectivity index (χ1v) is 7.32. The number of benzene rings is 1. The number of halogens is 1. The second kappa shape index (κ2) is 6.13. The minimum absolute atomic E-state index is 0.0923. The van der Waals surface area contributed by atoms with Crippen LogP contribution in [0.5, 0.6) is 0 Å². The Morgan fingerprint density at radius 1 is 1.41 bits per heavy atom. The standard InChI is InChI=1S/C10H11BrO5S/c11-5-2-6-16-10(12)8-3-1-4-9(7-8)17(13,14)15/h1,3-4,7H,2,5-6H2,(H,13,14,15). The molecule has 0 fully saturated rings. The highest BCUT2D eigenvalue weighted by molar-refractivity contribution is 9.09. The number of esters is 1. The number of hydrogen-bond acceptors (Lipinski definition) is 4. The molecule has 0 aliphatic carbocycles. The first-order valence-electron chi connectivity index (χ1n) is 4.76. The third-order valence-electron chi connectivity index (χ3n) is 1.88. The Morgan fingerprint density at radius 2 is 2.12 bits per heavy atom. The second-order valence-electron chi connectivity index (χ2n) is 3.18. The Kier molecular flexibility index (Phi) is 5.10. The second-order valence-corrected chi connectivity index (χ2v) is 5.40. The maximum absolute atomic E-state index is 11.5. The Balaban J connectivity index is 2.82. The van der Waals surface area contributed by atoms with Gasteiger partial charge in [-0.25, -0.2) is 4.79 Å². The van der Waals surface area contributed by atoms with Crippen molar-refractivity contribution >= 4 is 32.0 Å². The van der Waals surface area contributed by atoms with E-state index in [0.29, 0.717) is 11.8 Å². The Hall–Kier alpha value is -0.920. The Labute approximate surface area is 108 Å². The number of carbonyl (C=O) groups is 1. The van der Waals surface area contributed by atoms with E-state index in [1.807, 2.05) is 0 Å². The molecule has 0 bridgehead atoms. The molecule has 5 nitrogen and oxygen atoms in total. The molecule has 1 aromatic rings. The molecule has 0 atom stereocenters. The molecule has 1 aromatic carbocycles. The summed E-state index contributed by atoms with van der Waals surface area (Å²) in [7, 11) is -4.30. The molecule has 0 spiro atoms. The van der Waals surface area contributed by atoms with E-state index < -0.39 is 16.1 Å². The topological polar surface area (TPSA) is 80.7 Å². The summed E-state index contributed by atoms with van der Waals surface area (Å²) < 4.78 is 35.4.